The summed E-state index contributed by atoms with van der Waals surface area (Å²) in [5.74, 6) is 1.63. The first-order chi connectivity index (χ1) is 7.61. The van der Waals surface area contributed by atoms with Crippen molar-refractivity contribution in [3.8, 4) is 0 Å². The molecule has 0 unspecified atom stereocenters. The lowest BCUT2D eigenvalue weighted by Gasteiger charge is -2.23. The lowest BCUT2D eigenvalue weighted by atomic mass is 9.90. The second-order valence-corrected chi connectivity index (χ2v) is 5.98. The third-order valence-corrected chi connectivity index (χ3v) is 3.58. The third kappa shape index (κ3) is 3.15. The monoisotopic (exact) mass is 241 g/mol. The standard InChI is InChI=1S/C11H19N3OS/c1-11(2,5-6-15)7-12-10-13-9(14-16-10)8-3-4-8/h8,15H,3-7H2,1-2H3,(H,12,13,14). The fourth-order valence-electron chi connectivity index (χ4n) is 1.52. The normalized spacial score (nSPS) is 16.4. The van der Waals surface area contributed by atoms with Gasteiger partial charge in [-0.1, -0.05) is 13.8 Å². The molecule has 1 aromatic heterocycles. The first-order valence-corrected chi connectivity index (χ1v) is 6.56. The van der Waals surface area contributed by atoms with Crippen LogP contribution in [0, 0.1) is 5.41 Å². The molecule has 5 heteroatoms. The fourth-order valence-corrected chi connectivity index (χ4v) is 2.16. The second kappa shape index (κ2) is 4.67. The van der Waals surface area contributed by atoms with E-state index in [4.69, 9.17) is 5.11 Å². The number of anilines is 1. The van der Waals surface area contributed by atoms with Crippen LogP contribution in [0.5, 0.6) is 0 Å². The quantitative estimate of drug-likeness (QED) is 0.802. The molecule has 0 atom stereocenters. The highest BCUT2D eigenvalue weighted by Gasteiger charge is 2.28. The van der Waals surface area contributed by atoms with Gasteiger partial charge in [0, 0.05) is 30.6 Å². The van der Waals surface area contributed by atoms with Gasteiger partial charge in [0.05, 0.1) is 0 Å². The lowest BCUT2D eigenvalue weighted by Crippen LogP contribution is -2.24. The Balaban J connectivity index is 1.84. The van der Waals surface area contributed by atoms with Gasteiger partial charge in [-0.15, -0.1) is 0 Å². The number of nitrogens with one attached hydrogen (secondary N) is 1. The molecule has 90 valence electrons. The minimum atomic E-state index is 0.0974. The zero-order valence-corrected chi connectivity index (χ0v) is 10.7. The Morgan fingerprint density at radius 3 is 2.88 bits per heavy atom. The van der Waals surface area contributed by atoms with Crippen LogP contribution >= 0.6 is 11.5 Å². The van der Waals surface area contributed by atoms with Crippen molar-refractivity contribution in [2.75, 3.05) is 18.5 Å². The summed E-state index contributed by atoms with van der Waals surface area (Å²) in [6, 6.07) is 0. The summed E-state index contributed by atoms with van der Waals surface area (Å²) >= 11 is 1.44. The van der Waals surface area contributed by atoms with Crippen molar-refractivity contribution in [3.63, 3.8) is 0 Å². The topological polar surface area (TPSA) is 58.0 Å². The predicted octanol–water partition coefficient (Wildman–Crippen LogP) is 2.24. The van der Waals surface area contributed by atoms with Crippen molar-refractivity contribution >= 4 is 16.7 Å². The largest absolute Gasteiger partial charge is 0.396 e. The second-order valence-electron chi connectivity index (χ2n) is 5.22. The van der Waals surface area contributed by atoms with Gasteiger partial charge in [0.15, 0.2) is 0 Å². The summed E-state index contributed by atoms with van der Waals surface area (Å²) in [6.07, 6.45) is 3.28. The lowest BCUT2D eigenvalue weighted by molar-refractivity contribution is 0.220. The number of hydrogen-bond donors (Lipinski definition) is 2. The molecule has 1 fully saturated rings. The zero-order chi connectivity index (χ0) is 11.6. The number of rotatable bonds is 6. The number of aliphatic hydroxyl groups excluding tert-OH is 1. The van der Waals surface area contributed by atoms with E-state index in [1.165, 1.54) is 24.4 Å². The first kappa shape index (κ1) is 11.8. The Bertz CT molecular complexity index is 347. The van der Waals surface area contributed by atoms with Gasteiger partial charge in [0.1, 0.15) is 5.82 Å². The molecule has 1 aliphatic rings. The van der Waals surface area contributed by atoms with E-state index >= 15 is 0 Å². The summed E-state index contributed by atoms with van der Waals surface area (Å²) in [6.45, 7) is 5.34. The summed E-state index contributed by atoms with van der Waals surface area (Å²) in [5.41, 5.74) is 0.0974. The van der Waals surface area contributed by atoms with Gasteiger partial charge in [-0.2, -0.15) is 4.37 Å². The van der Waals surface area contributed by atoms with Crippen LogP contribution in [-0.2, 0) is 0 Å². The van der Waals surface area contributed by atoms with Crippen molar-refractivity contribution < 1.29 is 5.11 Å². The summed E-state index contributed by atoms with van der Waals surface area (Å²) in [5, 5.41) is 13.1. The maximum atomic E-state index is 8.93. The van der Waals surface area contributed by atoms with Crippen LogP contribution in [0.2, 0.25) is 0 Å². The maximum Gasteiger partial charge on any atom is 0.202 e. The number of aliphatic hydroxyl groups is 1. The van der Waals surface area contributed by atoms with Gasteiger partial charge < -0.3 is 10.4 Å². The van der Waals surface area contributed by atoms with E-state index in [-0.39, 0.29) is 12.0 Å². The molecule has 0 amide bonds. The van der Waals surface area contributed by atoms with E-state index in [1.807, 2.05) is 0 Å². The summed E-state index contributed by atoms with van der Waals surface area (Å²) in [4.78, 5) is 4.47. The molecular weight excluding hydrogens is 222 g/mol. The Labute approximate surface area is 100 Å². The van der Waals surface area contributed by atoms with Crippen LogP contribution in [0.15, 0.2) is 0 Å². The van der Waals surface area contributed by atoms with Crippen LogP contribution in [-0.4, -0.2) is 27.6 Å². The van der Waals surface area contributed by atoms with E-state index in [0.717, 1.165) is 23.9 Å². The van der Waals surface area contributed by atoms with Crippen molar-refractivity contribution in [1.29, 1.82) is 0 Å². The van der Waals surface area contributed by atoms with Crippen molar-refractivity contribution in [2.45, 2.75) is 39.0 Å². The number of aromatic nitrogens is 2. The van der Waals surface area contributed by atoms with Gasteiger partial charge in [-0.3, -0.25) is 0 Å². The molecule has 0 radical (unpaired) electrons. The fraction of sp³-hybridized carbons (Fsp3) is 0.818. The molecule has 2 rings (SSSR count). The van der Waals surface area contributed by atoms with Crippen molar-refractivity contribution in [2.24, 2.45) is 5.41 Å². The van der Waals surface area contributed by atoms with Crippen LogP contribution < -0.4 is 5.32 Å². The number of nitrogens with zero attached hydrogens (tertiary/aromatic N) is 2. The van der Waals surface area contributed by atoms with Crippen molar-refractivity contribution in [1.82, 2.24) is 9.36 Å². The zero-order valence-electron chi connectivity index (χ0n) is 9.86. The van der Waals surface area contributed by atoms with Crippen LogP contribution in [0.4, 0.5) is 5.13 Å². The molecule has 4 nitrogen and oxygen atoms in total. The van der Waals surface area contributed by atoms with E-state index in [2.05, 4.69) is 28.5 Å². The minimum Gasteiger partial charge on any atom is -0.396 e. The molecule has 0 saturated heterocycles. The van der Waals surface area contributed by atoms with Gasteiger partial charge in [0.2, 0.25) is 5.13 Å². The molecule has 1 heterocycles. The summed E-state index contributed by atoms with van der Waals surface area (Å²) < 4.78 is 4.34. The molecule has 16 heavy (non-hydrogen) atoms. The average molecular weight is 241 g/mol. The van der Waals surface area contributed by atoms with Crippen LogP contribution in [0.3, 0.4) is 0 Å². The Morgan fingerprint density at radius 1 is 1.50 bits per heavy atom. The molecule has 2 N–H and O–H groups in total. The van der Waals surface area contributed by atoms with Crippen LogP contribution in [0.1, 0.15) is 44.9 Å². The molecule has 0 spiro atoms. The van der Waals surface area contributed by atoms with Crippen molar-refractivity contribution in [3.05, 3.63) is 5.82 Å². The highest BCUT2D eigenvalue weighted by molar-refractivity contribution is 7.09. The van der Waals surface area contributed by atoms with Gasteiger partial charge in [-0.25, -0.2) is 4.98 Å². The predicted molar refractivity (Wildman–Crippen MR) is 65.9 cm³/mol. The minimum absolute atomic E-state index is 0.0974. The molecule has 1 saturated carbocycles. The Hall–Kier alpha value is -0.680. The van der Waals surface area contributed by atoms with Gasteiger partial charge in [0.25, 0.3) is 0 Å². The highest BCUT2D eigenvalue weighted by Crippen LogP contribution is 2.39. The molecule has 0 aliphatic heterocycles. The van der Waals surface area contributed by atoms with E-state index < -0.39 is 0 Å². The number of hydrogen-bond acceptors (Lipinski definition) is 5. The molecule has 1 aliphatic carbocycles. The van der Waals surface area contributed by atoms with Gasteiger partial charge >= 0.3 is 0 Å². The first-order valence-electron chi connectivity index (χ1n) is 5.79. The maximum absolute atomic E-state index is 8.93. The summed E-state index contributed by atoms with van der Waals surface area (Å²) in [7, 11) is 0. The molecule has 0 aromatic carbocycles. The smallest absolute Gasteiger partial charge is 0.202 e. The molecule has 1 aromatic rings. The van der Waals surface area contributed by atoms with E-state index in [0.29, 0.717) is 5.92 Å². The Morgan fingerprint density at radius 2 is 2.25 bits per heavy atom. The van der Waals surface area contributed by atoms with Crippen LogP contribution in [0.25, 0.3) is 0 Å². The SMILES string of the molecule is CC(C)(CCO)CNc1nc(C2CC2)ns1. The average Bonchev–Trinajstić information content (AvgIpc) is 2.95. The van der Waals surface area contributed by atoms with Gasteiger partial charge in [-0.05, 0) is 24.7 Å². The molecule has 0 bridgehead atoms. The van der Waals surface area contributed by atoms with E-state index in [1.54, 1.807) is 0 Å². The third-order valence-electron chi connectivity index (χ3n) is 2.89. The highest BCUT2D eigenvalue weighted by atomic mass is 32.1. The Kier molecular flexibility index (Phi) is 3.44. The molecular formula is C11H19N3OS. The van der Waals surface area contributed by atoms with E-state index in [9.17, 15) is 0 Å².